The van der Waals surface area contributed by atoms with Gasteiger partial charge in [0.15, 0.2) is 5.76 Å². The molecule has 3 heterocycles. The summed E-state index contributed by atoms with van der Waals surface area (Å²) in [6.45, 7) is 2.43. The van der Waals surface area contributed by atoms with Crippen LogP contribution in [0.3, 0.4) is 0 Å². The summed E-state index contributed by atoms with van der Waals surface area (Å²) >= 11 is 0. The third-order valence-corrected chi connectivity index (χ3v) is 4.89. The van der Waals surface area contributed by atoms with Gasteiger partial charge in [-0.05, 0) is 44.3 Å². The van der Waals surface area contributed by atoms with E-state index in [2.05, 4.69) is 40.4 Å². The van der Waals surface area contributed by atoms with Crippen molar-refractivity contribution in [3.05, 3.63) is 53.4 Å². The molecule has 0 aliphatic carbocycles. The molecule has 0 unspecified atom stereocenters. The molecular formula is C17H21ClN2O. The van der Waals surface area contributed by atoms with Gasteiger partial charge in [-0.2, -0.15) is 0 Å². The van der Waals surface area contributed by atoms with Gasteiger partial charge in [-0.3, -0.25) is 4.90 Å². The van der Waals surface area contributed by atoms with Crippen LogP contribution in [0, 0.1) is 0 Å². The SMILES string of the molecule is Cl.c1ccc(Cc2cc(C34CCCN3CCC4)on2)cc1. The normalized spacial score (nSPS) is 20.2. The van der Waals surface area contributed by atoms with E-state index in [1.54, 1.807) is 0 Å². The van der Waals surface area contributed by atoms with E-state index in [0.717, 1.165) is 17.9 Å². The Labute approximate surface area is 131 Å². The molecule has 2 aromatic rings. The topological polar surface area (TPSA) is 29.3 Å². The quantitative estimate of drug-likeness (QED) is 0.864. The summed E-state index contributed by atoms with van der Waals surface area (Å²) in [4.78, 5) is 2.60. The summed E-state index contributed by atoms with van der Waals surface area (Å²) in [7, 11) is 0. The summed E-state index contributed by atoms with van der Waals surface area (Å²) in [6, 6.07) is 12.7. The summed E-state index contributed by atoms with van der Waals surface area (Å²) < 4.78 is 5.73. The molecule has 21 heavy (non-hydrogen) atoms. The van der Waals surface area contributed by atoms with Crippen molar-refractivity contribution < 1.29 is 4.52 Å². The predicted octanol–water partition coefficient (Wildman–Crippen LogP) is 3.77. The second-order valence-corrected chi connectivity index (χ2v) is 6.07. The van der Waals surface area contributed by atoms with Gasteiger partial charge in [0.25, 0.3) is 0 Å². The number of nitrogens with zero attached hydrogens (tertiary/aromatic N) is 2. The Bertz CT molecular complexity index is 586. The Morgan fingerprint density at radius 1 is 1.10 bits per heavy atom. The highest BCUT2D eigenvalue weighted by Crippen LogP contribution is 2.46. The first-order chi connectivity index (χ1) is 9.87. The Hall–Kier alpha value is -1.32. The average molecular weight is 305 g/mol. The van der Waals surface area contributed by atoms with Gasteiger partial charge in [0, 0.05) is 12.5 Å². The molecule has 0 radical (unpaired) electrons. The van der Waals surface area contributed by atoms with Crippen LogP contribution in [0.5, 0.6) is 0 Å². The Balaban J connectivity index is 0.00000132. The maximum absolute atomic E-state index is 5.73. The molecule has 2 aliphatic rings. The summed E-state index contributed by atoms with van der Waals surface area (Å²) in [6.07, 6.45) is 5.89. The average Bonchev–Trinajstić information content (AvgIpc) is 3.13. The summed E-state index contributed by atoms with van der Waals surface area (Å²) in [5.41, 5.74) is 2.51. The molecule has 0 saturated carbocycles. The molecule has 2 saturated heterocycles. The maximum atomic E-state index is 5.73. The van der Waals surface area contributed by atoms with Crippen molar-refractivity contribution in [2.75, 3.05) is 13.1 Å². The van der Waals surface area contributed by atoms with E-state index in [1.807, 2.05) is 6.07 Å². The molecule has 3 nitrogen and oxygen atoms in total. The minimum absolute atomic E-state index is 0. The van der Waals surface area contributed by atoms with Crippen LogP contribution < -0.4 is 0 Å². The first-order valence-electron chi connectivity index (χ1n) is 7.62. The Morgan fingerprint density at radius 3 is 2.52 bits per heavy atom. The molecular weight excluding hydrogens is 284 g/mol. The zero-order valence-corrected chi connectivity index (χ0v) is 12.9. The van der Waals surface area contributed by atoms with Crippen molar-refractivity contribution in [1.29, 1.82) is 0 Å². The third kappa shape index (κ3) is 2.49. The number of benzene rings is 1. The van der Waals surface area contributed by atoms with Gasteiger partial charge in [0.05, 0.1) is 11.2 Å². The fourth-order valence-corrected chi connectivity index (χ4v) is 3.93. The fourth-order valence-electron chi connectivity index (χ4n) is 3.93. The molecule has 0 N–H and O–H groups in total. The van der Waals surface area contributed by atoms with E-state index in [9.17, 15) is 0 Å². The highest BCUT2D eigenvalue weighted by Gasteiger charge is 2.48. The largest absolute Gasteiger partial charge is 0.359 e. The minimum Gasteiger partial charge on any atom is -0.359 e. The lowest BCUT2D eigenvalue weighted by Crippen LogP contribution is -2.34. The van der Waals surface area contributed by atoms with Crippen molar-refractivity contribution in [1.82, 2.24) is 10.1 Å². The molecule has 1 aromatic carbocycles. The summed E-state index contributed by atoms with van der Waals surface area (Å²) in [5, 5.41) is 4.31. The van der Waals surface area contributed by atoms with Crippen LogP contribution in [-0.2, 0) is 12.0 Å². The van der Waals surface area contributed by atoms with Crippen LogP contribution in [0.1, 0.15) is 42.7 Å². The molecule has 2 aliphatic heterocycles. The summed E-state index contributed by atoms with van der Waals surface area (Å²) in [5.74, 6) is 1.10. The van der Waals surface area contributed by atoms with Gasteiger partial charge in [0.2, 0.25) is 0 Å². The molecule has 4 rings (SSSR count). The van der Waals surface area contributed by atoms with Crippen LogP contribution >= 0.6 is 12.4 Å². The second-order valence-electron chi connectivity index (χ2n) is 6.07. The van der Waals surface area contributed by atoms with E-state index in [0.29, 0.717) is 0 Å². The van der Waals surface area contributed by atoms with E-state index in [1.165, 1.54) is 44.3 Å². The molecule has 2 fully saturated rings. The molecule has 4 heteroatoms. The second kappa shape index (κ2) is 5.82. The maximum Gasteiger partial charge on any atom is 0.157 e. The number of rotatable bonds is 3. The van der Waals surface area contributed by atoms with Crippen molar-refractivity contribution >= 4 is 12.4 Å². The number of hydrogen-bond donors (Lipinski definition) is 0. The third-order valence-electron chi connectivity index (χ3n) is 4.89. The molecule has 0 atom stereocenters. The van der Waals surface area contributed by atoms with Gasteiger partial charge in [-0.25, -0.2) is 0 Å². The molecule has 0 amide bonds. The standard InChI is InChI=1S/C17H20N2O.ClH/c1-2-6-14(7-3-1)12-15-13-16(20-18-15)17-8-4-10-19(17)11-5-9-17;/h1-3,6-7,13H,4-5,8-12H2;1H. The van der Waals surface area contributed by atoms with Crippen LogP contribution in [-0.4, -0.2) is 23.1 Å². The number of fused-ring (bicyclic) bond motifs is 1. The first kappa shape index (κ1) is 14.6. The zero-order valence-electron chi connectivity index (χ0n) is 12.1. The van der Waals surface area contributed by atoms with Crippen LogP contribution in [0.4, 0.5) is 0 Å². The monoisotopic (exact) mass is 304 g/mol. The minimum atomic E-state index is 0. The van der Waals surface area contributed by atoms with E-state index in [4.69, 9.17) is 4.52 Å². The lowest BCUT2D eigenvalue weighted by molar-refractivity contribution is 0.150. The van der Waals surface area contributed by atoms with Crippen molar-refractivity contribution in [2.24, 2.45) is 0 Å². The van der Waals surface area contributed by atoms with Crippen LogP contribution in [0.2, 0.25) is 0 Å². The molecule has 0 bridgehead atoms. The van der Waals surface area contributed by atoms with Gasteiger partial charge < -0.3 is 4.52 Å². The van der Waals surface area contributed by atoms with Gasteiger partial charge >= 0.3 is 0 Å². The smallest absolute Gasteiger partial charge is 0.157 e. The number of aromatic nitrogens is 1. The van der Waals surface area contributed by atoms with E-state index < -0.39 is 0 Å². The number of halogens is 1. The van der Waals surface area contributed by atoms with E-state index >= 15 is 0 Å². The Morgan fingerprint density at radius 2 is 1.81 bits per heavy atom. The van der Waals surface area contributed by atoms with Crippen LogP contribution in [0.15, 0.2) is 40.9 Å². The number of hydrogen-bond acceptors (Lipinski definition) is 3. The van der Waals surface area contributed by atoms with Crippen molar-refractivity contribution in [3.8, 4) is 0 Å². The van der Waals surface area contributed by atoms with Gasteiger partial charge in [0.1, 0.15) is 0 Å². The molecule has 1 aromatic heterocycles. The predicted molar refractivity (Wildman–Crippen MR) is 84.7 cm³/mol. The lowest BCUT2D eigenvalue weighted by Gasteiger charge is -2.28. The lowest BCUT2D eigenvalue weighted by atomic mass is 9.91. The molecule has 0 spiro atoms. The Kier molecular flexibility index (Phi) is 4.05. The highest BCUT2D eigenvalue weighted by molar-refractivity contribution is 5.85. The fraction of sp³-hybridized carbons (Fsp3) is 0.471. The van der Waals surface area contributed by atoms with Crippen molar-refractivity contribution in [3.63, 3.8) is 0 Å². The highest BCUT2D eigenvalue weighted by atomic mass is 35.5. The molecule has 112 valence electrons. The van der Waals surface area contributed by atoms with Crippen molar-refractivity contribution in [2.45, 2.75) is 37.6 Å². The van der Waals surface area contributed by atoms with Gasteiger partial charge in [-0.1, -0.05) is 35.5 Å². The van der Waals surface area contributed by atoms with E-state index in [-0.39, 0.29) is 17.9 Å². The van der Waals surface area contributed by atoms with Gasteiger partial charge in [-0.15, -0.1) is 12.4 Å². The first-order valence-corrected chi connectivity index (χ1v) is 7.62. The zero-order chi connectivity index (χ0) is 13.4. The van der Waals surface area contributed by atoms with Crippen LogP contribution in [0.25, 0.3) is 0 Å².